The van der Waals surface area contributed by atoms with Gasteiger partial charge < -0.3 is 15.2 Å². The third kappa shape index (κ3) is 3.82. The molecule has 5 heteroatoms. The number of hydrogen-bond acceptors (Lipinski definition) is 3. The van der Waals surface area contributed by atoms with Gasteiger partial charge >= 0.3 is 0 Å². The fourth-order valence-electron chi connectivity index (χ4n) is 4.01. The van der Waals surface area contributed by atoms with E-state index in [2.05, 4.69) is 27.8 Å². The van der Waals surface area contributed by atoms with Crippen LogP contribution in [-0.4, -0.2) is 35.0 Å². The number of rotatable bonds is 7. The van der Waals surface area contributed by atoms with Gasteiger partial charge in [0, 0.05) is 34.9 Å². The number of thiophene rings is 1. The minimum atomic E-state index is -0.310. The van der Waals surface area contributed by atoms with Crippen molar-refractivity contribution in [3.63, 3.8) is 0 Å². The van der Waals surface area contributed by atoms with E-state index >= 15 is 0 Å². The third-order valence-corrected chi connectivity index (χ3v) is 6.11. The lowest BCUT2D eigenvalue weighted by Gasteiger charge is -2.27. The molecule has 0 unspecified atom stereocenters. The topological polar surface area (TPSA) is 51.3 Å². The van der Waals surface area contributed by atoms with Gasteiger partial charge in [-0.3, -0.25) is 4.79 Å². The Morgan fingerprint density at radius 1 is 1.24 bits per heavy atom. The Kier molecular flexibility index (Phi) is 5.97. The molecule has 0 bridgehead atoms. The molecular formula is C20H29N3OS. The molecular weight excluding hydrogens is 330 g/mol. The summed E-state index contributed by atoms with van der Waals surface area (Å²) in [5, 5.41) is 2.07. The monoisotopic (exact) mass is 359 g/mol. The standard InChI is InChI=1S/C20H29N3OS/c1-3-8-16-19(17-9-7-14-25-17)18(20(21)24)15(2)23(16)13-12-22-10-5-4-6-11-22/h7,9,14H,3-6,8,10-13H2,1-2H3,(H2,21,24). The first-order valence-corrected chi connectivity index (χ1v) is 10.3. The largest absolute Gasteiger partial charge is 0.366 e. The summed E-state index contributed by atoms with van der Waals surface area (Å²) in [7, 11) is 0. The van der Waals surface area contributed by atoms with Crippen LogP contribution in [0, 0.1) is 6.92 Å². The van der Waals surface area contributed by atoms with E-state index in [0.717, 1.165) is 42.1 Å². The molecule has 0 aliphatic carbocycles. The van der Waals surface area contributed by atoms with Gasteiger partial charge in [-0.2, -0.15) is 0 Å². The summed E-state index contributed by atoms with van der Waals surface area (Å²) in [4.78, 5) is 15.9. The number of primary amides is 1. The molecule has 2 N–H and O–H groups in total. The fraction of sp³-hybridized carbons (Fsp3) is 0.550. The molecule has 0 radical (unpaired) electrons. The van der Waals surface area contributed by atoms with Crippen molar-refractivity contribution >= 4 is 17.2 Å². The van der Waals surface area contributed by atoms with Crippen molar-refractivity contribution in [1.29, 1.82) is 0 Å². The number of aromatic nitrogens is 1. The van der Waals surface area contributed by atoms with Crippen LogP contribution in [0.3, 0.4) is 0 Å². The lowest BCUT2D eigenvalue weighted by atomic mass is 10.0. The van der Waals surface area contributed by atoms with E-state index in [9.17, 15) is 4.79 Å². The van der Waals surface area contributed by atoms with Gasteiger partial charge in [-0.05, 0) is 50.7 Å². The highest BCUT2D eigenvalue weighted by atomic mass is 32.1. The number of piperidine rings is 1. The maximum Gasteiger partial charge on any atom is 0.251 e. The molecule has 1 fully saturated rings. The molecule has 1 aliphatic heterocycles. The molecule has 3 heterocycles. The second kappa shape index (κ2) is 8.19. The van der Waals surface area contributed by atoms with Gasteiger partial charge in [-0.25, -0.2) is 0 Å². The van der Waals surface area contributed by atoms with Crippen molar-refractivity contribution in [2.24, 2.45) is 5.73 Å². The molecule has 1 saturated heterocycles. The van der Waals surface area contributed by atoms with Gasteiger partial charge in [0.1, 0.15) is 0 Å². The highest BCUT2D eigenvalue weighted by Crippen LogP contribution is 2.36. The molecule has 136 valence electrons. The molecule has 0 aromatic carbocycles. The van der Waals surface area contributed by atoms with Gasteiger partial charge in [0.25, 0.3) is 5.91 Å². The summed E-state index contributed by atoms with van der Waals surface area (Å²) >= 11 is 1.68. The molecule has 0 saturated carbocycles. The van der Waals surface area contributed by atoms with Crippen molar-refractivity contribution in [3.8, 4) is 10.4 Å². The van der Waals surface area contributed by atoms with E-state index in [-0.39, 0.29) is 5.91 Å². The maximum atomic E-state index is 12.2. The van der Waals surface area contributed by atoms with Crippen LogP contribution in [-0.2, 0) is 13.0 Å². The van der Waals surface area contributed by atoms with Crippen LogP contribution in [0.1, 0.15) is 54.4 Å². The molecule has 1 aliphatic rings. The Morgan fingerprint density at radius 2 is 2.00 bits per heavy atom. The van der Waals surface area contributed by atoms with Crippen LogP contribution < -0.4 is 5.73 Å². The fourth-order valence-corrected chi connectivity index (χ4v) is 4.81. The molecule has 4 nitrogen and oxygen atoms in total. The van der Waals surface area contributed by atoms with Crippen molar-refractivity contribution < 1.29 is 4.79 Å². The lowest BCUT2D eigenvalue weighted by Crippen LogP contribution is -2.33. The van der Waals surface area contributed by atoms with Crippen LogP contribution in [0.25, 0.3) is 10.4 Å². The van der Waals surface area contributed by atoms with Crippen molar-refractivity contribution in [3.05, 3.63) is 34.5 Å². The molecule has 25 heavy (non-hydrogen) atoms. The molecule has 1 amide bonds. The molecule has 3 rings (SSSR count). The maximum absolute atomic E-state index is 12.2. The van der Waals surface area contributed by atoms with Crippen LogP contribution in [0.4, 0.5) is 0 Å². The zero-order valence-corrected chi connectivity index (χ0v) is 16.2. The highest BCUT2D eigenvalue weighted by Gasteiger charge is 2.25. The number of carbonyl (C=O) groups is 1. The van der Waals surface area contributed by atoms with E-state index in [1.165, 1.54) is 38.0 Å². The number of nitrogens with zero attached hydrogens (tertiary/aromatic N) is 2. The summed E-state index contributed by atoms with van der Waals surface area (Å²) in [6, 6.07) is 4.14. The molecule has 0 atom stereocenters. The predicted molar refractivity (Wildman–Crippen MR) is 105 cm³/mol. The summed E-state index contributed by atoms with van der Waals surface area (Å²) in [6.45, 7) is 8.63. The summed E-state index contributed by atoms with van der Waals surface area (Å²) < 4.78 is 2.35. The van der Waals surface area contributed by atoms with E-state index in [0.29, 0.717) is 5.56 Å². The average Bonchev–Trinajstić information content (AvgIpc) is 3.21. The van der Waals surface area contributed by atoms with Crippen LogP contribution in [0.2, 0.25) is 0 Å². The second-order valence-corrected chi connectivity index (χ2v) is 7.88. The highest BCUT2D eigenvalue weighted by molar-refractivity contribution is 7.13. The van der Waals surface area contributed by atoms with Crippen molar-refractivity contribution in [2.45, 2.75) is 52.5 Å². The Labute approximate surface area is 154 Å². The molecule has 0 spiro atoms. The SMILES string of the molecule is CCCc1c(-c2cccs2)c(C(N)=O)c(C)n1CCN1CCCCC1. The smallest absolute Gasteiger partial charge is 0.251 e. The molecule has 2 aromatic rings. The first kappa shape index (κ1) is 18.2. The van der Waals surface area contributed by atoms with Gasteiger partial charge in [0.05, 0.1) is 5.56 Å². The Bertz CT molecular complexity index is 712. The Hall–Kier alpha value is -1.59. The minimum Gasteiger partial charge on any atom is -0.366 e. The van der Waals surface area contributed by atoms with E-state index < -0.39 is 0 Å². The van der Waals surface area contributed by atoms with Crippen LogP contribution >= 0.6 is 11.3 Å². The van der Waals surface area contributed by atoms with Crippen LogP contribution in [0.5, 0.6) is 0 Å². The Morgan fingerprint density at radius 3 is 2.60 bits per heavy atom. The second-order valence-electron chi connectivity index (χ2n) is 6.93. The van der Waals surface area contributed by atoms with Crippen molar-refractivity contribution in [1.82, 2.24) is 9.47 Å². The van der Waals surface area contributed by atoms with Gasteiger partial charge in [0.15, 0.2) is 0 Å². The third-order valence-electron chi connectivity index (χ3n) is 5.22. The van der Waals surface area contributed by atoms with Crippen molar-refractivity contribution in [2.75, 3.05) is 19.6 Å². The number of likely N-dealkylation sites (tertiary alicyclic amines) is 1. The average molecular weight is 360 g/mol. The van der Waals surface area contributed by atoms with E-state index in [1.54, 1.807) is 11.3 Å². The van der Waals surface area contributed by atoms with E-state index in [1.807, 2.05) is 13.0 Å². The zero-order chi connectivity index (χ0) is 17.8. The summed E-state index contributed by atoms with van der Waals surface area (Å²) in [5.41, 5.74) is 9.86. The molecule has 2 aromatic heterocycles. The first-order chi connectivity index (χ1) is 12.1. The number of nitrogens with two attached hydrogens (primary N) is 1. The van der Waals surface area contributed by atoms with Gasteiger partial charge in [-0.15, -0.1) is 11.3 Å². The quantitative estimate of drug-likeness (QED) is 0.810. The summed E-state index contributed by atoms with van der Waals surface area (Å²) in [5.74, 6) is -0.310. The predicted octanol–water partition coefficient (Wildman–Crippen LogP) is 4.06. The number of hydrogen-bond donors (Lipinski definition) is 1. The lowest BCUT2D eigenvalue weighted by molar-refractivity contribution is 0.1000. The van der Waals surface area contributed by atoms with Crippen LogP contribution in [0.15, 0.2) is 17.5 Å². The number of amides is 1. The van der Waals surface area contributed by atoms with Gasteiger partial charge in [-0.1, -0.05) is 25.8 Å². The first-order valence-electron chi connectivity index (χ1n) is 9.41. The minimum absolute atomic E-state index is 0.310. The Balaban J connectivity index is 1.98. The van der Waals surface area contributed by atoms with Gasteiger partial charge in [0.2, 0.25) is 0 Å². The van der Waals surface area contributed by atoms with E-state index in [4.69, 9.17) is 5.73 Å². The normalized spacial score (nSPS) is 15.6. The number of carbonyl (C=O) groups excluding carboxylic acids is 1. The summed E-state index contributed by atoms with van der Waals surface area (Å²) in [6.07, 6.45) is 6.00. The zero-order valence-electron chi connectivity index (χ0n) is 15.4.